The van der Waals surface area contributed by atoms with Crippen LogP contribution in [0.25, 0.3) is 0 Å². The molecule has 0 spiro atoms. The molecule has 3 heterocycles. The molecule has 0 radical (unpaired) electrons. The summed E-state index contributed by atoms with van der Waals surface area (Å²) in [5.74, 6) is -0.873. The molecule has 1 aliphatic carbocycles. The van der Waals surface area contributed by atoms with Gasteiger partial charge in [0.2, 0.25) is 0 Å². The Bertz CT molecular complexity index is 1430. The number of fused-ring (bicyclic) bond motifs is 1. The van der Waals surface area contributed by atoms with Crippen LogP contribution in [0.3, 0.4) is 0 Å². The van der Waals surface area contributed by atoms with Crippen molar-refractivity contribution >= 4 is 11.6 Å². The number of nitrogens with one attached hydrogen (secondary N) is 1. The second kappa shape index (κ2) is 9.41. The lowest BCUT2D eigenvalue weighted by atomic mass is 9.78. The predicted octanol–water partition coefficient (Wildman–Crippen LogP) is 4.94. The predicted molar refractivity (Wildman–Crippen MR) is 135 cm³/mol. The van der Waals surface area contributed by atoms with Gasteiger partial charge in [0.15, 0.2) is 0 Å². The van der Waals surface area contributed by atoms with Crippen molar-refractivity contribution in [1.82, 2.24) is 20.1 Å². The maximum absolute atomic E-state index is 15.0. The van der Waals surface area contributed by atoms with Gasteiger partial charge in [-0.1, -0.05) is 0 Å². The van der Waals surface area contributed by atoms with E-state index in [2.05, 4.69) is 15.5 Å². The first kappa shape index (κ1) is 25.9. The van der Waals surface area contributed by atoms with Crippen molar-refractivity contribution in [2.45, 2.75) is 56.9 Å². The van der Waals surface area contributed by atoms with E-state index in [-0.39, 0.29) is 47.3 Å². The number of aromatic nitrogens is 3. The Labute approximate surface area is 223 Å². The fourth-order valence-corrected chi connectivity index (χ4v) is 5.81. The van der Waals surface area contributed by atoms with Crippen LogP contribution in [0.2, 0.25) is 0 Å². The lowest BCUT2D eigenvalue weighted by Crippen LogP contribution is -2.47. The number of hydrogen-bond acceptors (Lipinski definition) is 5. The summed E-state index contributed by atoms with van der Waals surface area (Å²) < 4.78 is 64.6. The van der Waals surface area contributed by atoms with Gasteiger partial charge < -0.3 is 19.5 Å². The van der Waals surface area contributed by atoms with E-state index in [0.29, 0.717) is 30.2 Å². The molecule has 6 rings (SSSR count). The highest BCUT2D eigenvalue weighted by Gasteiger charge is 2.41. The summed E-state index contributed by atoms with van der Waals surface area (Å²) in [5.41, 5.74) is 0.151. The maximum atomic E-state index is 15.0. The molecule has 1 N–H and O–H groups in total. The van der Waals surface area contributed by atoms with Crippen molar-refractivity contribution < 1.29 is 27.1 Å². The molecular formula is C28H29F4N5O2. The van der Waals surface area contributed by atoms with Gasteiger partial charge in [-0.25, -0.2) is 4.39 Å². The van der Waals surface area contributed by atoms with E-state index >= 15 is 4.39 Å². The Kier molecular flexibility index (Phi) is 6.26. The minimum absolute atomic E-state index is 0.00319. The third-order valence-electron chi connectivity index (χ3n) is 8.32. The van der Waals surface area contributed by atoms with E-state index in [1.54, 1.807) is 24.0 Å². The van der Waals surface area contributed by atoms with Crippen molar-refractivity contribution in [3.8, 4) is 0 Å². The van der Waals surface area contributed by atoms with Crippen molar-refractivity contribution in [3.63, 3.8) is 0 Å². The van der Waals surface area contributed by atoms with Crippen LogP contribution in [-0.2, 0) is 31.1 Å². The quantitative estimate of drug-likeness (QED) is 0.428. The largest absolute Gasteiger partial charge is 0.416 e. The van der Waals surface area contributed by atoms with Gasteiger partial charge in [0, 0.05) is 36.3 Å². The zero-order valence-electron chi connectivity index (χ0n) is 21.7. The van der Waals surface area contributed by atoms with Crippen molar-refractivity contribution in [2.75, 3.05) is 18.1 Å². The molecule has 0 bridgehead atoms. The molecule has 1 atom stereocenters. The number of carbonyl (C=O) groups excluding carboxylic acids is 1. The molecule has 0 unspecified atom stereocenters. The number of nitrogens with zero attached hydrogens (tertiary/aromatic N) is 4. The fourth-order valence-electron chi connectivity index (χ4n) is 5.81. The molecule has 11 heteroatoms. The number of carbonyl (C=O) groups is 1. The molecule has 1 saturated heterocycles. The number of halogens is 4. The van der Waals surface area contributed by atoms with Crippen LogP contribution in [0.4, 0.5) is 23.2 Å². The summed E-state index contributed by atoms with van der Waals surface area (Å²) in [7, 11) is 1.79. The fraction of sp³-hybridized carbons (Fsp3) is 0.464. The summed E-state index contributed by atoms with van der Waals surface area (Å²) >= 11 is 0. The van der Waals surface area contributed by atoms with Crippen molar-refractivity contribution in [3.05, 3.63) is 76.1 Å². The molecule has 206 valence electrons. The summed E-state index contributed by atoms with van der Waals surface area (Å²) in [6.07, 6.45) is -0.0820. The highest BCUT2D eigenvalue weighted by Crippen LogP contribution is 2.42. The zero-order chi connectivity index (χ0) is 27.5. The minimum atomic E-state index is -4.63. The second-order valence-electron chi connectivity index (χ2n) is 11.1. The minimum Gasteiger partial charge on any atom is -0.381 e. The Morgan fingerprint density at radius 1 is 1.18 bits per heavy atom. The SMILES string of the molecule is Cn1cnnc1[C@@H](c1cc(F)cc(N2Cc3c(cc(CNC4(C)CCC4)cc3C(F)(F)F)C2=O)c1)C1COC1. The lowest BCUT2D eigenvalue weighted by Gasteiger charge is -2.39. The number of alkyl halides is 3. The van der Waals surface area contributed by atoms with Gasteiger partial charge in [-0.2, -0.15) is 13.2 Å². The molecule has 3 aliphatic rings. The highest BCUT2D eigenvalue weighted by atomic mass is 19.4. The van der Waals surface area contributed by atoms with Gasteiger partial charge in [-0.15, -0.1) is 10.2 Å². The molecule has 1 saturated carbocycles. The van der Waals surface area contributed by atoms with Crippen LogP contribution < -0.4 is 10.2 Å². The first-order valence-corrected chi connectivity index (χ1v) is 13.0. The summed E-state index contributed by atoms with van der Waals surface area (Å²) in [5, 5.41) is 11.5. The van der Waals surface area contributed by atoms with Crippen LogP contribution >= 0.6 is 0 Å². The lowest BCUT2D eigenvalue weighted by molar-refractivity contribution is -0.138. The monoisotopic (exact) mass is 543 g/mol. The number of rotatable bonds is 7. The van der Waals surface area contributed by atoms with Crippen LogP contribution in [0.5, 0.6) is 0 Å². The van der Waals surface area contributed by atoms with Crippen LogP contribution in [0, 0.1) is 11.7 Å². The first-order chi connectivity index (χ1) is 18.5. The van der Waals surface area contributed by atoms with Crippen LogP contribution in [0.1, 0.15) is 70.5 Å². The molecule has 39 heavy (non-hydrogen) atoms. The third-order valence-corrected chi connectivity index (χ3v) is 8.32. The second-order valence-corrected chi connectivity index (χ2v) is 11.1. The van der Waals surface area contributed by atoms with Crippen molar-refractivity contribution in [2.24, 2.45) is 13.0 Å². The molecule has 2 aromatic carbocycles. The standard InChI is InChI=1S/C28H29F4N5O2/c1-27(4-3-5-27)33-11-16-6-21-22(23(7-16)28(30,31)32)12-37(26(21)38)20-9-17(8-19(29)10-20)24(18-13-39-14-18)25-35-34-15-36(25)2/h6-10,15,18,24,33H,3-5,11-14H2,1-2H3/t24-/m0/s1. The van der Waals surface area contributed by atoms with E-state index in [1.165, 1.54) is 23.1 Å². The maximum Gasteiger partial charge on any atom is 0.416 e. The van der Waals surface area contributed by atoms with Gasteiger partial charge in [0.25, 0.3) is 5.91 Å². The Morgan fingerprint density at radius 2 is 1.95 bits per heavy atom. The number of anilines is 1. The van der Waals surface area contributed by atoms with E-state index in [4.69, 9.17) is 4.74 Å². The average molecular weight is 544 g/mol. The Morgan fingerprint density at radius 3 is 2.54 bits per heavy atom. The summed E-state index contributed by atoms with van der Waals surface area (Å²) in [6.45, 7) is 2.91. The van der Waals surface area contributed by atoms with Gasteiger partial charge in [-0.05, 0) is 73.2 Å². The number of aryl methyl sites for hydroxylation is 1. The smallest absolute Gasteiger partial charge is 0.381 e. The zero-order valence-corrected chi connectivity index (χ0v) is 21.7. The molecule has 7 nitrogen and oxygen atoms in total. The van der Waals surface area contributed by atoms with Gasteiger partial charge >= 0.3 is 6.18 Å². The Balaban J connectivity index is 1.36. The van der Waals surface area contributed by atoms with Gasteiger partial charge in [-0.3, -0.25) is 4.79 Å². The third kappa shape index (κ3) is 4.71. The van der Waals surface area contributed by atoms with Gasteiger partial charge in [0.1, 0.15) is 18.0 Å². The van der Waals surface area contributed by atoms with E-state index in [0.717, 1.165) is 25.3 Å². The normalized spacial score (nSPS) is 19.5. The highest BCUT2D eigenvalue weighted by molar-refractivity contribution is 6.10. The topological polar surface area (TPSA) is 72.3 Å². The molecule has 3 aromatic rings. The molecular weight excluding hydrogens is 514 g/mol. The van der Waals surface area contributed by atoms with E-state index in [1.807, 2.05) is 6.92 Å². The number of hydrogen-bond donors (Lipinski definition) is 1. The van der Waals surface area contributed by atoms with Crippen LogP contribution in [-0.4, -0.2) is 39.4 Å². The van der Waals surface area contributed by atoms with Gasteiger partial charge in [0.05, 0.1) is 31.2 Å². The molecule has 2 aliphatic heterocycles. The first-order valence-electron chi connectivity index (χ1n) is 13.0. The summed E-state index contributed by atoms with van der Waals surface area (Å²) in [6, 6.07) is 6.89. The van der Waals surface area contributed by atoms with Crippen LogP contribution in [0.15, 0.2) is 36.7 Å². The average Bonchev–Trinajstić information content (AvgIpc) is 3.40. The number of ether oxygens (including phenoxy) is 1. The van der Waals surface area contributed by atoms with Crippen molar-refractivity contribution in [1.29, 1.82) is 0 Å². The molecule has 2 fully saturated rings. The number of amides is 1. The summed E-state index contributed by atoms with van der Waals surface area (Å²) in [4.78, 5) is 14.8. The van der Waals surface area contributed by atoms with E-state index in [9.17, 15) is 18.0 Å². The Hall–Kier alpha value is -3.31. The molecule has 1 amide bonds. The molecule has 1 aromatic heterocycles. The number of benzene rings is 2. The van der Waals surface area contributed by atoms with E-state index < -0.39 is 23.5 Å².